The molecule has 0 fully saturated rings. The van der Waals surface area contributed by atoms with Crippen LogP contribution < -0.4 is 10.1 Å². The Morgan fingerprint density at radius 3 is 2.80 bits per heavy atom. The van der Waals surface area contributed by atoms with Crippen molar-refractivity contribution in [1.82, 2.24) is 10.3 Å². The van der Waals surface area contributed by atoms with Crippen LogP contribution in [0.3, 0.4) is 0 Å². The fraction of sp³-hybridized carbons (Fsp3) is 0.312. The molecule has 0 aliphatic rings. The number of nitrogens with one attached hydrogen (secondary N) is 1. The molecule has 3 nitrogen and oxygen atoms in total. The minimum atomic E-state index is 0.212. The third-order valence-corrected chi connectivity index (χ3v) is 3.66. The molecule has 1 aromatic carbocycles. The molecule has 1 heterocycles. The summed E-state index contributed by atoms with van der Waals surface area (Å²) in [6, 6.07) is 8.52. The van der Waals surface area contributed by atoms with Crippen LogP contribution in [-0.4, -0.2) is 12.1 Å². The van der Waals surface area contributed by atoms with Gasteiger partial charge in [0.05, 0.1) is 7.11 Å². The average molecular weight is 335 g/mol. The van der Waals surface area contributed by atoms with E-state index in [0.717, 1.165) is 22.3 Å². The number of aromatic nitrogens is 1. The highest BCUT2D eigenvalue weighted by molar-refractivity contribution is 9.10. The number of ether oxygens (including phenoxy) is 1. The number of nitrogens with zero attached hydrogens (tertiary/aromatic N) is 1. The second-order valence-electron chi connectivity index (χ2n) is 4.86. The van der Waals surface area contributed by atoms with Gasteiger partial charge in [0.1, 0.15) is 5.75 Å². The molecular weight excluding hydrogens is 316 g/mol. The van der Waals surface area contributed by atoms with Crippen molar-refractivity contribution in [2.24, 2.45) is 0 Å². The van der Waals surface area contributed by atoms with Crippen LogP contribution >= 0.6 is 15.9 Å². The minimum absolute atomic E-state index is 0.212. The maximum absolute atomic E-state index is 5.43. The van der Waals surface area contributed by atoms with Crippen molar-refractivity contribution in [1.29, 1.82) is 0 Å². The van der Waals surface area contributed by atoms with Crippen LogP contribution in [-0.2, 0) is 6.54 Å². The lowest BCUT2D eigenvalue weighted by Gasteiger charge is -2.18. The molecule has 20 heavy (non-hydrogen) atoms. The van der Waals surface area contributed by atoms with Gasteiger partial charge in [-0.3, -0.25) is 4.98 Å². The molecular formula is C16H19BrN2O. The van der Waals surface area contributed by atoms with E-state index in [9.17, 15) is 0 Å². The second-order valence-corrected chi connectivity index (χ2v) is 5.78. The molecule has 0 saturated carbocycles. The maximum Gasteiger partial charge on any atom is 0.123 e. The lowest BCUT2D eigenvalue weighted by Crippen LogP contribution is -2.19. The maximum atomic E-state index is 5.43. The van der Waals surface area contributed by atoms with E-state index in [2.05, 4.69) is 58.3 Å². The van der Waals surface area contributed by atoms with Crippen molar-refractivity contribution in [3.63, 3.8) is 0 Å². The van der Waals surface area contributed by atoms with Crippen molar-refractivity contribution >= 4 is 15.9 Å². The third kappa shape index (κ3) is 3.81. The SMILES string of the molecule is COc1ccc(C)cc1C(C)NCc1cncc(Br)c1. The summed E-state index contributed by atoms with van der Waals surface area (Å²) in [7, 11) is 1.71. The van der Waals surface area contributed by atoms with Gasteiger partial charge in [-0.15, -0.1) is 0 Å². The zero-order valence-electron chi connectivity index (χ0n) is 12.0. The number of hydrogen-bond acceptors (Lipinski definition) is 3. The van der Waals surface area contributed by atoms with E-state index in [1.165, 1.54) is 11.1 Å². The monoisotopic (exact) mass is 334 g/mol. The Balaban J connectivity index is 2.08. The summed E-state index contributed by atoms with van der Waals surface area (Å²) in [6.45, 7) is 5.00. The van der Waals surface area contributed by atoms with Gasteiger partial charge >= 0.3 is 0 Å². The Labute approximate surface area is 128 Å². The van der Waals surface area contributed by atoms with Crippen LogP contribution in [0.4, 0.5) is 0 Å². The van der Waals surface area contributed by atoms with Gasteiger partial charge < -0.3 is 10.1 Å². The third-order valence-electron chi connectivity index (χ3n) is 3.23. The average Bonchev–Trinajstić information content (AvgIpc) is 2.45. The number of hydrogen-bond donors (Lipinski definition) is 1. The first-order chi connectivity index (χ1) is 9.60. The first-order valence-electron chi connectivity index (χ1n) is 6.57. The first-order valence-corrected chi connectivity index (χ1v) is 7.37. The number of methoxy groups -OCH3 is 1. The number of halogens is 1. The molecule has 0 radical (unpaired) electrons. The molecule has 2 aromatic rings. The summed E-state index contributed by atoms with van der Waals surface area (Å²) in [5, 5.41) is 3.50. The molecule has 0 bridgehead atoms. The zero-order chi connectivity index (χ0) is 14.5. The molecule has 0 aliphatic heterocycles. The smallest absolute Gasteiger partial charge is 0.123 e. The quantitative estimate of drug-likeness (QED) is 0.896. The van der Waals surface area contributed by atoms with E-state index in [1.807, 2.05) is 12.3 Å². The van der Waals surface area contributed by atoms with Gasteiger partial charge in [-0.1, -0.05) is 17.7 Å². The van der Waals surface area contributed by atoms with Gasteiger partial charge in [0.15, 0.2) is 0 Å². The normalized spacial score (nSPS) is 12.2. The van der Waals surface area contributed by atoms with Crippen molar-refractivity contribution in [2.75, 3.05) is 7.11 Å². The summed E-state index contributed by atoms with van der Waals surface area (Å²) in [6.07, 6.45) is 3.66. The highest BCUT2D eigenvalue weighted by Crippen LogP contribution is 2.26. The molecule has 106 valence electrons. The van der Waals surface area contributed by atoms with Gasteiger partial charge in [0, 0.05) is 35.0 Å². The number of benzene rings is 1. The molecule has 4 heteroatoms. The van der Waals surface area contributed by atoms with Crippen LogP contribution in [0.25, 0.3) is 0 Å². The molecule has 1 unspecified atom stereocenters. The van der Waals surface area contributed by atoms with Crippen LogP contribution in [0.1, 0.15) is 29.7 Å². The fourth-order valence-corrected chi connectivity index (χ4v) is 2.54. The molecule has 1 N–H and O–H groups in total. The second kappa shape index (κ2) is 6.86. The molecule has 0 saturated heterocycles. The Kier molecular flexibility index (Phi) is 5.15. The van der Waals surface area contributed by atoms with Gasteiger partial charge in [0.25, 0.3) is 0 Å². The molecule has 1 aromatic heterocycles. The van der Waals surface area contributed by atoms with E-state index in [-0.39, 0.29) is 6.04 Å². The number of pyridine rings is 1. The summed E-state index contributed by atoms with van der Waals surface area (Å²) in [4.78, 5) is 4.17. The fourth-order valence-electron chi connectivity index (χ4n) is 2.13. The summed E-state index contributed by atoms with van der Waals surface area (Å²) >= 11 is 3.44. The summed E-state index contributed by atoms with van der Waals surface area (Å²) < 4.78 is 6.43. The topological polar surface area (TPSA) is 34.1 Å². The van der Waals surface area contributed by atoms with E-state index in [0.29, 0.717) is 0 Å². The first kappa shape index (κ1) is 15.0. The summed E-state index contributed by atoms with van der Waals surface area (Å²) in [5.41, 5.74) is 3.56. The predicted molar refractivity (Wildman–Crippen MR) is 84.9 cm³/mol. The Hall–Kier alpha value is -1.39. The van der Waals surface area contributed by atoms with Crippen LogP contribution in [0.5, 0.6) is 5.75 Å². The van der Waals surface area contributed by atoms with E-state index >= 15 is 0 Å². The summed E-state index contributed by atoms with van der Waals surface area (Å²) in [5.74, 6) is 0.919. The molecule has 1 atom stereocenters. The number of rotatable bonds is 5. The van der Waals surface area contributed by atoms with E-state index in [1.54, 1.807) is 13.3 Å². The molecule has 0 amide bonds. The molecule has 0 spiro atoms. The predicted octanol–water partition coefficient (Wildman–Crippen LogP) is 4.01. The van der Waals surface area contributed by atoms with Gasteiger partial charge in [-0.2, -0.15) is 0 Å². The van der Waals surface area contributed by atoms with Crippen molar-refractivity contribution in [3.8, 4) is 5.75 Å². The van der Waals surface area contributed by atoms with Crippen LogP contribution in [0.15, 0.2) is 41.1 Å². The van der Waals surface area contributed by atoms with Crippen molar-refractivity contribution in [3.05, 3.63) is 57.8 Å². The Morgan fingerprint density at radius 1 is 1.30 bits per heavy atom. The highest BCUT2D eigenvalue weighted by Gasteiger charge is 2.11. The minimum Gasteiger partial charge on any atom is -0.496 e. The van der Waals surface area contributed by atoms with Crippen LogP contribution in [0.2, 0.25) is 0 Å². The lowest BCUT2D eigenvalue weighted by atomic mass is 10.0. The molecule has 0 aliphatic carbocycles. The van der Waals surface area contributed by atoms with Crippen LogP contribution in [0, 0.1) is 6.92 Å². The van der Waals surface area contributed by atoms with Gasteiger partial charge in [0.2, 0.25) is 0 Å². The highest BCUT2D eigenvalue weighted by atomic mass is 79.9. The Bertz CT molecular complexity index is 586. The lowest BCUT2D eigenvalue weighted by molar-refractivity contribution is 0.401. The number of aryl methyl sites for hydroxylation is 1. The van der Waals surface area contributed by atoms with Crippen molar-refractivity contribution in [2.45, 2.75) is 26.4 Å². The largest absolute Gasteiger partial charge is 0.496 e. The molecule has 2 rings (SSSR count). The van der Waals surface area contributed by atoms with Crippen molar-refractivity contribution < 1.29 is 4.74 Å². The van der Waals surface area contributed by atoms with Gasteiger partial charge in [-0.05, 0) is 47.5 Å². The van der Waals surface area contributed by atoms with Gasteiger partial charge in [-0.25, -0.2) is 0 Å². The van der Waals surface area contributed by atoms with E-state index in [4.69, 9.17) is 4.74 Å². The standard InChI is InChI=1S/C16H19BrN2O/c1-11-4-5-16(20-3)15(6-11)12(2)19-9-13-7-14(17)10-18-8-13/h4-8,10,12,19H,9H2,1-3H3. The zero-order valence-corrected chi connectivity index (χ0v) is 13.6. The Morgan fingerprint density at radius 2 is 2.10 bits per heavy atom. The van der Waals surface area contributed by atoms with E-state index < -0.39 is 0 Å².